The Labute approximate surface area is 165 Å². The molecule has 2 aliphatic heterocycles. The van der Waals surface area contributed by atoms with E-state index in [-0.39, 0.29) is 11.9 Å². The minimum absolute atomic E-state index is 0.0317. The van der Waals surface area contributed by atoms with Crippen molar-refractivity contribution in [2.75, 3.05) is 36.5 Å². The lowest BCUT2D eigenvalue weighted by Crippen LogP contribution is -2.37. The molecule has 1 fully saturated rings. The summed E-state index contributed by atoms with van der Waals surface area (Å²) in [5, 5.41) is 6.60. The van der Waals surface area contributed by atoms with Crippen molar-refractivity contribution >= 4 is 17.7 Å². The molecular weight excluding hydrogens is 354 g/mol. The van der Waals surface area contributed by atoms with E-state index in [1.807, 2.05) is 38.1 Å². The Morgan fingerprint density at radius 3 is 3.07 bits per heavy atom. The molecule has 3 heterocycles. The lowest BCUT2D eigenvalue weighted by molar-refractivity contribution is 0.0982. The quantitative estimate of drug-likeness (QED) is 0.800. The molecule has 2 N–H and O–H groups in total. The Kier molecular flexibility index (Phi) is 5.43. The molecule has 0 aliphatic carbocycles. The monoisotopic (exact) mass is 381 g/mol. The van der Waals surface area contributed by atoms with Gasteiger partial charge in [0.2, 0.25) is 5.95 Å². The molecule has 1 aromatic carbocycles. The van der Waals surface area contributed by atoms with Crippen LogP contribution in [-0.4, -0.2) is 48.2 Å². The Morgan fingerprint density at radius 1 is 1.39 bits per heavy atom. The first-order chi connectivity index (χ1) is 13.6. The van der Waals surface area contributed by atoms with E-state index in [4.69, 9.17) is 4.74 Å². The molecule has 0 radical (unpaired) electrons. The van der Waals surface area contributed by atoms with E-state index in [9.17, 15) is 4.79 Å². The van der Waals surface area contributed by atoms with Crippen LogP contribution in [0.4, 0.5) is 11.8 Å². The van der Waals surface area contributed by atoms with Crippen LogP contribution in [0.15, 0.2) is 30.5 Å². The highest BCUT2D eigenvalue weighted by molar-refractivity contribution is 6.05. The number of benzene rings is 1. The zero-order chi connectivity index (χ0) is 19.5. The van der Waals surface area contributed by atoms with E-state index in [1.165, 1.54) is 0 Å². The molecule has 0 bridgehead atoms. The van der Waals surface area contributed by atoms with Crippen molar-refractivity contribution in [2.24, 2.45) is 5.92 Å². The van der Waals surface area contributed by atoms with E-state index >= 15 is 0 Å². The molecule has 2 aliphatic rings. The van der Waals surface area contributed by atoms with Gasteiger partial charge in [0.25, 0.3) is 5.91 Å². The maximum absolute atomic E-state index is 13.5. The third-order valence-electron chi connectivity index (χ3n) is 5.12. The van der Waals surface area contributed by atoms with Gasteiger partial charge >= 0.3 is 0 Å². The highest BCUT2D eigenvalue weighted by Crippen LogP contribution is 2.27. The van der Waals surface area contributed by atoms with Crippen molar-refractivity contribution < 1.29 is 9.53 Å². The van der Waals surface area contributed by atoms with Crippen LogP contribution in [0.25, 0.3) is 0 Å². The Morgan fingerprint density at radius 2 is 2.29 bits per heavy atom. The number of nitrogens with zero attached hydrogens (tertiary/aromatic N) is 3. The van der Waals surface area contributed by atoms with Crippen molar-refractivity contribution in [2.45, 2.75) is 32.7 Å². The Hall–Kier alpha value is -2.67. The fraction of sp³-hybridized carbons (Fsp3) is 0.476. The van der Waals surface area contributed by atoms with Gasteiger partial charge < -0.3 is 15.4 Å². The maximum atomic E-state index is 13.5. The van der Waals surface area contributed by atoms with Gasteiger partial charge in [0.05, 0.1) is 6.61 Å². The summed E-state index contributed by atoms with van der Waals surface area (Å²) < 4.78 is 5.58. The summed E-state index contributed by atoms with van der Waals surface area (Å²) in [4.78, 5) is 24.1. The number of hydrogen-bond acceptors (Lipinski definition) is 6. The molecule has 1 unspecified atom stereocenters. The summed E-state index contributed by atoms with van der Waals surface area (Å²) in [5.41, 5.74) is 1.77. The lowest BCUT2D eigenvalue weighted by Gasteiger charge is -2.25. The largest absolute Gasteiger partial charge is 0.493 e. The number of anilines is 2. The zero-order valence-electron chi connectivity index (χ0n) is 16.4. The van der Waals surface area contributed by atoms with Crippen molar-refractivity contribution in [3.8, 4) is 5.75 Å². The number of carbonyl (C=O) groups excluding carboxylic acids is 1. The summed E-state index contributed by atoms with van der Waals surface area (Å²) in [7, 11) is 0. The van der Waals surface area contributed by atoms with Gasteiger partial charge in [0, 0.05) is 30.8 Å². The first kappa shape index (κ1) is 18.7. The number of fused-ring (bicyclic) bond motifs is 1. The van der Waals surface area contributed by atoms with E-state index in [1.54, 1.807) is 11.1 Å². The van der Waals surface area contributed by atoms with E-state index in [2.05, 4.69) is 20.6 Å². The van der Waals surface area contributed by atoms with Gasteiger partial charge in [0.1, 0.15) is 11.6 Å². The average molecular weight is 381 g/mol. The molecule has 1 saturated heterocycles. The van der Waals surface area contributed by atoms with Crippen LogP contribution < -0.4 is 20.3 Å². The van der Waals surface area contributed by atoms with Crippen LogP contribution >= 0.6 is 0 Å². The lowest BCUT2D eigenvalue weighted by atomic mass is 10.1. The van der Waals surface area contributed by atoms with Gasteiger partial charge in [-0.2, -0.15) is 4.98 Å². The van der Waals surface area contributed by atoms with Gasteiger partial charge in [-0.15, -0.1) is 0 Å². The first-order valence-corrected chi connectivity index (χ1v) is 9.98. The second kappa shape index (κ2) is 8.14. The third-order valence-corrected chi connectivity index (χ3v) is 5.12. The number of hydrogen-bond donors (Lipinski definition) is 2. The summed E-state index contributed by atoms with van der Waals surface area (Å²) in [6, 6.07) is 7.73. The number of nitrogens with one attached hydrogen (secondary N) is 2. The van der Waals surface area contributed by atoms with Gasteiger partial charge in [0.15, 0.2) is 0 Å². The SMILES string of the molecule is CC(C)Nc1nccc(N(CC2CCNC2)C(=O)c2ccc3c(c2)CCO3)n1. The van der Waals surface area contributed by atoms with E-state index < -0.39 is 0 Å². The summed E-state index contributed by atoms with van der Waals surface area (Å²) in [6.07, 6.45) is 3.61. The van der Waals surface area contributed by atoms with Gasteiger partial charge in [-0.25, -0.2) is 4.98 Å². The molecule has 7 nitrogen and oxygen atoms in total. The predicted octanol–water partition coefficient (Wildman–Crippen LogP) is 2.49. The summed E-state index contributed by atoms with van der Waals surface area (Å²) in [6.45, 7) is 7.31. The maximum Gasteiger partial charge on any atom is 0.259 e. The second-order valence-corrected chi connectivity index (χ2v) is 7.73. The third kappa shape index (κ3) is 4.09. The molecule has 1 atom stereocenters. The van der Waals surface area contributed by atoms with E-state index in [0.29, 0.717) is 36.4 Å². The standard InChI is InChI=1S/C21H27N5O2/c1-14(2)24-21-23-9-6-19(25-21)26(13-15-5-8-22-12-15)20(27)17-3-4-18-16(11-17)7-10-28-18/h3-4,6,9,11,14-15,22H,5,7-8,10,12-13H2,1-2H3,(H,23,24,25). The van der Waals surface area contributed by atoms with Gasteiger partial charge in [-0.05, 0) is 69.1 Å². The highest BCUT2D eigenvalue weighted by Gasteiger charge is 2.26. The number of amides is 1. The van der Waals surface area contributed by atoms with Crippen LogP contribution in [0.5, 0.6) is 5.75 Å². The number of carbonyl (C=O) groups is 1. The molecule has 7 heteroatoms. The molecule has 4 rings (SSSR count). The molecule has 2 aromatic rings. The smallest absolute Gasteiger partial charge is 0.259 e. The minimum atomic E-state index is -0.0317. The fourth-order valence-electron chi connectivity index (χ4n) is 3.71. The molecule has 0 saturated carbocycles. The van der Waals surface area contributed by atoms with Crippen molar-refractivity contribution in [1.29, 1.82) is 0 Å². The van der Waals surface area contributed by atoms with Crippen LogP contribution in [0, 0.1) is 5.92 Å². The number of aromatic nitrogens is 2. The van der Waals surface area contributed by atoms with E-state index in [0.717, 1.165) is 37.2 Å². The molecule has 1 amide bonds. The zero-order valence-corrected chi connectivity index (χ0v) is 16.4. The van der Waals surface area contributed by atoms with Gasteiger partial charge in [-0.3, -0.25) is 9.69 Å². The Balaban J connectivity index is 1.64. The Bertz CT molecular complexity index is 848. The van der Waals surface area contributed by atoms with Crippen LogP contribution in [0.2, 0.25) is 0 Å². The molecule has 0 spiro atoms. The van der Waals surface area contributed by atoms with Crippen LogP contribution in [0.1, 0.15) is 36.2 Å². The summed E-state index contributed by atoms with van der Waals surface area (Å²) in [5.74, 6) is 2.44. The second-order valence-electron chi connectivity index (χ2n) is 7.73. The summed E-state index contributed by atoms with van der Waals surface area (Å²) >= 11 is 0. The number of ether oxygens (including phenoxy) is 1. The van der Waals surface area contributed by atoms with Crippen molar-refractivity contribution in [1.82, 2.24) is 15.3 Å². The molecule has 28 heavy (non-hydrogen) atoms. The average Bonchev–Trinajstić information content (AvgIpc) is 3.36. The van der Waals surface area contributed by atoms with Crippen molar-refractivity contribution in [3.05, 3.63) is 41.6 Å². The first-order valence-electron chi connectivity index (χ1n) is 9.98. The van der Waals surface area contributed by atoms with Crippen LogP contribution in [0.3, 0.4) is 0 Å². The minimum Gasteiger partial charge on any atom is -0.493 e. The fourth-order valence-corrected chi connectivity index (χ4v) is 3.71. The molecule has 1 aromatic heterocycles. The highest BCUT2D eigenvalue weighted by atomic mass is 16.5. The topological polar surface area (TPSA) is 79.4 Å². The van der Waals surface area contributed by atoms with Crippen molar-refractivity contribution in [3.63, 3.8) is 0 Å². The normalized spacial score (nSPS) is 18.0. The number of rotatable bonds is 6. The molecule has 148 valence electrons. The predicted molar refractivity (Wildman–Crippen MR) is 109 cm³/mol. The molecular formula is C21H27N5O2. The van der Waals surface area contributed by atoms with Crippen LogP contribution in [-0.2, 0) is 6.42 Å². The van der Waals surface area contributed by atoms with Gasteiger partial charge in [-0.1, -0.05) is 0 Å².